The molecule has 1 saturated heterocycles. The number of hydrogen-bond acceptors (Lipinski definition) is 4. The molecule has 0 radical (unpaired) electrons. The molecule has 1 fully saturated rings. The summed E-state index contributed by atoms with van der Waals surface area (Å²) in [6.45, 7) is 1.70. The van der Waals surface area contributed by atoms with Crippen molar-refractivity contribution in [2.45, 2.75) is 25.3 Å². The fourth-order valence-electron chi connectivity index (χ4n) is 3.36. The maximum Gasteiger partial charge on any atom is 0.343 e. The lowest BCUT2D eigenvalue weighted by atomic mass is 9.93. The Hall–Kier alpha value is -3.67. The molecule has 1 atom stereocenters. The van der Waals surface area contributed by atoms with Crippen molar-refractivity contribution < 1.29 is 19.1 Å². The van der Waals surface area contributed by atoms with Crippen LogP contribution in [-0.4, -0.2) is 23.4 Å². The van der Waals surface area contributed by atoms with E-state index in [1.165, 1.54) is 0 Å². The lowest BCUT2D eigenvalue weighted by Crippen LogP contribution is -2.43. The van der Waals surface area contributed by atoms with Crippen LogP contribution in [0.2, 0.25) is 0 Å². The van der Waals surface area contributed by atoms with Gasteiger partial charge in [-0.3, -0.25) is 10.1 Å². The molecule has 0 saturated carbocycles. The monoisotopic (exact) mass is 388 g/mol. The van der Waals surface area contributed by atoms with Gasteiger partial charge in [-0.05, 0) is 60.4 Å². The van der Waals surface area contributed by atoms with E-state index < -0.39 is 17.5 Å². The van der Waals surface area contributed by atoms with Gasteiger partial charge in [0.2, 0.25) is 0 Å². The van der Waals surface area contributed by atoms with Gasteiger partial charge in [0.15, 0.2) is 0 Å². The van der Waals surface area contributed by atoms with E-state index in [4.69, 9.17) is 4.74 Å². The van der Waals surface area contributed by atoms with Gasteiger partial charge < -0.3 is 10.1 Å². The molecular formula is C23H20N2O4. The third-order valence-electron chi connectivity index (χ3n) is 5.15. The van der Waals surface area contributed by atoms with Crippen LogP contribution in [-0.2, 0) is 11.2 Å². The number of rotatable bonds is 5. The number of aryl methyl sites for hydroxylation is 1. The van der Waals surface area contributed by atoms with E-state index in [2.05, 4.69) is 10.6 Å². The number of ether oxygens (including phenoxy) is 1. The first-order chi connectivity index (χ1) is 13.9. The van der Waals surface area contributed by atoms with E-state index >= 15 is 0 Å². The Morgan fingerprint density at radius 3 is 2.38 bits per heavy atom. The zero-order chi connectivity index (χ0) is 20.4. The van der Waals surface area contributed by atoms with Crippen LogP contribution >= 0.6 is 0 Å². The van der Waals surface area contributed by atoms with E-state index in [1.54, 1.807) is 25.1 Å². The lowest BCUT2D eigenvalue weighted by Gasteiger charge is -2.20. The number of urea groups is 1. The van der Waals surface area contributed by atoms with Crippen molar-refractivity contribution >= 4 is 28.7 Å². The van der Waals surface area contributed by atoms with E-state index in [1.807, 2.05) is 48.5 Å². The van der Waals surface area contributed by atoms with Gasteiger partial charge in [-0.2, -0.15) is 0 Å². The molecule has 1 heterocycles. The molecule has 3 amide bonds. The summed E-state index contributed by atoms with van der Waals surface area (Å²) in [4.78, 5) is 35.6. The molecule has 0 unspecified atom stereocenters. The smallest absolute Gasteiger partial charge is 0.343 e. The molecule has 3 aromatic rings. The van der Waals surface area contributed by atoms with Crippen LogP contribution in [0.5, 0.6) is 5.75 Å². The Morgan fingerprint density at radius 2 is 1.69 bits per heavy atom. The summed E-state index contributed by atoms with van der Waals surface area (Å²) in [7, 11) is 0. The van der Waals surface area contributed by atoms with E-state index in [-0.39, 0.29) is 5.91 Å². The fraction of sp³-hybridized carbons (Fsp3) is 0.174. The van der Waals surface area contributed by atoms with Crippen molar-refractivity contribution in [3.05, 3.63) is 77.9 Å². The number of amides is 3. The highest BCUT2D eigenvalue weighted by molar-refractivity contribution is 6.06. The summed E-state index contributed by atoms with van der Waals surface area (Å²) in [5.74, 6) is -0.283. The largest absolute Gasteiger partial charge is 0.423 e. The van der Waals surface area contributed by atoms with Gasteiger partial charge >= 0.3 is 12.0 Å². The second-order valence-electron chi connectivity index (χ2n) is 7.34. The van der Waals surface area contributed by atoms with Gasteiger partial charge in [0.25, 0.3) is 5.91 Å². The van der Waals surface area contributed by atoms with E-state index in [0.29, 0.717) is 24.2 Å². The average molecular weight is 388 g/mol. The normalized spacial score (nSPS) is 18.4. The minimum atomic E-state index is -0.904. The number of nitrogens with one attached hydrogen (secondary N) is 2. The predicted octanol–water partition coefficient (Wildman–Crippen LogP) is 3.59. The minimum Gasteiger partial charge on any atom is -0.423 e. The molecule has 3 aromatic carbocycles. The molecule has 29 heavy (non-hydrogen) atoms. The minimum absolute atomic E-state index is 0.316. The number of esters is 1. The first kappa shape index (κ1) is 18.7. The highest BCUT2D eigenvalue weighted by Crippen LogP contribution is 2.21. The van der Waals surface area contributed by atoms with Crippen molar-refractivity contribution in [3.8, 4) is 5.75 Å². The maximum absolute atomic E-state index is 12.4. The van der Waals surface area contributed by atoms with Crippen molar-refractivity contribution in [1.29, 1.82) is 0 Å². The Bertz CT molecular complexity index is 1110. The summed E-state index contributed by atoms with van der Waals surface area (Å²) in [5.41, 5.74) is 0.563. The van der Waals surface area contributed by atoms with E-state index in [9.17, 15) is 14.4 Å². The van der Waals surface area contributed by atoms with Crippen LogP contribution in [0.15, 0.2) is 66.7 Å². The van der Waals surface area contributed by atoms with Crippen molar-refractivity contribution in [3.63, 3.8) is 0 Å². The Balaban J connectivity index is 1.39. The van der Waals surface area contributed by atoms with Gasteiger partial charge in [-0.25, -0.2) is 9.59 Å². The third kappa shape index (κ3) is 3.96. The highest BCUT2D eigenvalue weighted by Gasteiger charge is 2.41. The van der Waals surface area contributed by atoms with Crippen molar-refractivity contribution in [2.75, 3.05) is 0 Å². The molecular weight excluding hydrogens is 368 g/mol. The number of hydrogen-bond donors (Lipinski definition) is 2. The number of fused-ring (bicyclic) bond motifs is 1. The Kier molecular flexibility index (Phi) is 4.76. The van der Waals surface area contributed by atoms with E-state index in [0.717, 1.165) is 16.3 Å². The van der Waals surface area contributed by atoms with Crippen LogP contribution in [0.3, 0.4) is 0 Å². The first-order valence-electron chi connectivity index (χ1n) is 9.36. The lowest BCUT2D eigenvalue weighted by molar-refractivity contribution is -0.123. The van der Waals surface area contributed by atoms with Crippen LogP contribution in [0, 0.1) is 0 Å². The van der Waals surface area contributed by atoms with Gasteiger partial charge in [0.1, 0.15) is 11.3 Å². The van der Waals surface area contributed by atoms with Crippen LogP contribution in [0.1, 0.15) is 29.3 Å². The molecule has 0 aromatic heterocycles. The van der Waals surface area contributed by atoms with Crippen LogP contribution in [0.4, 0.5) is 4.79 Å². The topological polar surface area (TPSA) is 84.5 Å². The molecule has 6 heteroatoms. The SMILES string of the molecule is C[C@]1(CCc2ccc(OC(=O)c3ccc4ccccc4c3)cc2)NC(=O)NC1=O. The third-order valence-corrected chi connectivity index (χ3v) is 5.15. The summed E-state index contributed by atoms with van der Waals surface area (Å²) < 4.78 is 5.47. The first-order valence-corrected chi connectivity index (χ1v) is 9.36. The standard InChI is InChI=1S/C23H20N2O4/c1-23(21(27)24-22(28)25-23)13-12-15-6-10-19(11-7-15)29-20(26)18-9-8-16-4-2-3-5-17(16)14-18/h2-11,14H,12-13H2,1H3,(H2,24,25,27,28)/t23-/m1/s1. The Labute approximate surface area is 167 Å². The van der Waals surface area contributed by atoms with Gasteiger partial charge in [-0.15, -0.1) is 0 Å². The van der Waals surface area contributed by atoms with Crippen molar-refractivity contribution in [2.24, 2.45) is 0 Å². The molecule has 146 valence electrons. The molecule has 2 N–H and O–H groups in total. The predicted molar refractivity (Wildman–Crippen MR) is 109 cm³/mol. The number of carbonyl (C=O) groups is 3. The molecule has 4 rings (SSSR count). The molecule has 6 nitrogen and oxygen atoms in total. The molecule has 0 bridgehead atoms. The quantitative estimate of drug-likeness (QED) is 0.397. The van der Waals surface area contributed by atoms with Gasteiger partial charge in [0.05, 0.1) is 5.56 Å². The summed E-state index contributed by atoms with van der Waals surface area (Å²) in [6.07, 6.45) is 1.07. The zero-order valence-corrected chi connectivity index (χ0v) is 15.9. The highest BCUT2D eigenvalue weighted by atomic mass is 16.5. The van der Waals surface area contributed by atoms with Crippen LogP contribution in [0.25, 0.3) is 10.8 Å². The Morgan fingerprint density at radius 1 is 0.966 bits per heavy atom. The van der Waals surface area contributed by atoms with Gasteiger partial charge in [-0.1, -0.05) is 42.5 Å². The molecule has 0 spiro atoms. The molecule has 1 aliphatic heterocycles. The number of imide groups is 1. The second kappa shape index (κ2) is 7.39. The fourth-order valence-corrected chi connectivity index (χ4v) is 3.36. The molecule has 1 aliphatic rings. The zero-order valence-electron chi connectivity index (χ0n) is 15.9. The number of benzene rings is 3. The second-order valence-corrected chi connectivity index (χ2v) is 7.34. The maximum atomic E-state index is 12.4. The molecule has 0 aliphatic carbocycles. The van der Waals surface area contributed by atoms with Crippen molar-refractivity contribution in [1.82, 2.24) is 10.6 Å². The average Bonchev–Trinajstić information content (AvgIpc) is 2.98. The summed E-state index contributed by atoms with van der Waals surface area (Å²) >= 11 is 0. The summed E-state index contributed by atoms with van der Waals surface area (Å²) in [5, 5.41) is 6.95. The van der Waals surface area contributed by atoms with Gasteiger partial charge in [0, 0.05) is 0 Å². The van der Waals surface area contributed by atoms with Crippen LogP contribution < -0.4 is 15.4 Å². The summed E-state index contributed by atoms with van der Waals surface area (Å²) in [6, 6.07) is 20.0. The number of carbonyl (C=O) groups excluding carboxylic acids is 3.